The molecule has 2 N–H and O–H groups in total. The average molecular weight is 313 g/mol. The van der Waals surface area contributed by atoms with Crippen LogP contribution in [0.15, 0.2) is 17.2 Å². The first-order valence-corrected chi connectivity index (χ1v) is 8.58. The van der Waals surface area contributed by atoms with Crippen LogP contribution in [0.1, 0.15) is 29.8 Å². The van der Waals surface area contributed by atoms with Gasteiger partial charge < -0.3 is 10.1 Å². The van der Waals surface area contributed by atoms with Gasteiger partial charge in [-0.3, -0.25) is 4.90 Å². The van der Waals surface area contributed by atoms with Crippen molar-refractivity contribution in [2.45, 2.75) is 30.2 Å². The minimum atomic E-state index is -3.60. The van der Waals surface area contributed by atoms with Crippen molar-refractivity contribution in [3.8, 4) is 0 Å². The molecule has 3 heterocycles. The lowest BCUT2D eigenvalue weighted by Gasteiger charge is -2.23. The van der Waals surface area contributed by atoms with Crippen LogP contribution in [0, 0.1) is 0 Å². The molecule has 2 aliphatic rings. The van der Waals surface area contributed by atoms with Gasteiger partial charge in [-0.2, -0.15) is 4.31 Å². The second kappa shape index (κ2) is 5.43. The van der Waals surface area contributed by atoms with Crippen molar-refractivity contribution in [1.82, 2.24) is 14.2 Å². The summed E-state index contributed by atoms with van der Waals surface area (Å²) in [5.41, 5.74) is -0.108. The Morgan fingerprint density at radius 1 is 1.29 bits per heavy atom. The Morgan fingerprint density at radius 2 is 2.00 bits per heavy atom. The van der Waals surface area contributed by atoms with Gasteiger partial charge in [-0.1, -0.05) is 0 Å². The van der Waals surface area contributed by atoms with Crippen LogP contribution in [0.4, 0.5) is 0 Å². The number of rotatable bonds is 4. The number of H-pyrrole nitrogens is 1. The lowest BCUT2D eigenvalue weighted by Crippen LogP contribution is -2.37. The van der Waals surface area contributed by atoms with Crippen molar-refractivity contribution in [2.75, 3.05) is 26.2 Å². The van der Waals surface area contributed by atoms with Crippen molar-refractivity contribution in [2.24, 2.45) is 0 Å². The molecular formula is C13H19N3O4S. The Hall–Kier alpha value is -1.38. The van der Waals surface area contributed by atoms with E-state index in [0.29, 0.717) is 19.1 Å². The summed E-state index contributed by atoms with van der Waals surface area (Å²) in [6, 6.07) is 1.47. The number of carboxylic acid groups (broad SMARTS) is 1. The maximum absolute atomic E-state index is 12.5. The lowest BCUT2D eigenvalue weighted by molar-refractivity contribution is 0.0691. The molecule has 1 aromatic rings. The first kappa shape index (κ1) is 14.6. The summed E-state index contributed by atoms with van der Waals surface area (Å²) in [5, 5.41) is 8.87. The van der Waals surface area contributed by atoms with E-state index in [0.717, 1.165) is 19.5 Å². The van der Waals surface area contributed by atoms with Gasteiger partial charge in [0.25, 0.3) is 0 Å². The second-order valence-electron chi connectivity index (χ2n) is 5.60. The third-order valence-corrected chi connectivity index (χ3v) is 6.15. The van der Waals surface area contributed by atoms with Gasteiger partial charge in [0.15, 0.2) is 0 Å². The molecule has 3 rings (SSSR count). The van der Waals surface area contributed by atoms with Crippen LogP contribution in [-0.2, 0) is 10.0 Å². The number of hydrogen-bond donors (Lipinski definition) is 2. The minimum Gasteiger partial charge on any atom is -0.477 e. The van der Waals surface area contributed by atoms with Crippen molar-refractivity contribution < 1.29 is 18.3 Å². The van der Waals surface area contributed by atoms with Crippen LogP contribution in [0.5, 0.6) is 0 Å². The van der Waals surface area contributed by atoms with E-state index in [2.05, 4.69) is 9.88 Å². The largest absolute Gasteiger partial charge is 0.477 e. The fourth-order valence-electron chi connectivity index (χ4n) is 3.13. The molecule has 0 bridgehead atoms. The zero-order valence-corrected chi connectivity index (χ0v) is 12.5. The molecule has 7 nitrogen and oxygen atoms in total. The third kappa shape index (κ3) is 2.70. The fraction of sp³-hybridized carbons (Fsp3) is 0.615. The third-order valence-electron chi connectivity index (χ3n) is 4.31. The number of sulfonamides is 1. The molecule has 116 valence electrons. The molecule has 0 spiro atoms. The second-order valence-corrected chi connectivity index (χ2v) is 7.54. The summed E-state index contributed by atoms with van der Waals surface area (Å²) in [7, 11) is -3.60. The van der Waals surface area contributed by atoms with Crippen LogP contribution in [0.3, 0.4) is 0 Å². The first-order valence-electron chi connectivity index (χ1n) is 7.14. The molecule has 0 amide bonds. The standard InChI is InChI=1S/C13H19N3O4S/c17-13(18)12-7-11(8-14-12)21(19,20)16-6-3-10(9-16)15-4-1-2-5-15/h7-8,10,14H,1-6,9H2,(H,17,18). The maximum Gasteiger partial charge on any atom is 0.352 e. The first-order chi connectivity index (χ1) is 9.98. The quantitative estimate of drug-likeness (QED) is 0.847. The summed E-state index contributed by atoms with van der Waals surface area (Å²) in [6.07, 6.45) is 4.46. The van der Waals surface area contributed by atoms with E-state index in [1.807, 2.05) is 0 Å². The predicted molar refractivity (Wildman–Crippen MR) is 75.7 cm³/mol. The minimum absolute atomic E-state index is 0.0296. The Labute approximate surface area is 123 Å². The summed E-state index contributed by atoms with van der Waals surface area (Å²) in [5.74, 6) is -1.16. The van der Waals surface area contributed by atoms with E-state index in [4.69, 9.17) is 5.11 Å². The number of nitrogens with one attached hydrogen (secondary N) is 1. The van der Waals surface area contributed by atoms with Gasteiger partial charge in [0, 0.05) is 25.3 Å². The van der Waals surface area contributed by atoms with Crippen LogP contribution in [0.2, 0.25) is 0 Å². The van der Waals surface area contributed by atoms with E-state index in [1.165, 1.54) is 29.4 Å². The molecule has 1 unspecified atom stereocenters. The molecule has 0 radical (unpaired) electrons. The average Bonchev–Trinajstić information content (AvgIpc) is 3.19. The molecular weight excluding hydrogens is 294 g/mol. The highest BCUT2D eigenvalue weighted by Crippen LogP contribution is 2.26. The summed E-state index contributed by atoms with van der Waals surface area (Å²) < 4.78 is 26.5. The molecule has 2 saturated heterocycles. The number of aromatic nitrogens is 1. The molecule has 2 aliphatic heterocycles. The molecule has 0 aromatic carbocycles. The number of carboxylic acids is 1. The van der Waals surface area contributed by atoms with E-state index >= 15 is 0 Å². The van der Waals surface area contributed by atoms with Crippen LogP contribution < -0.4 is 0 Å². The predicted octanol–water partition coefficient (Wildman–Crippen LogP) is 0.572. The molecule has 0 saturated carbocycles. The zero-order chi connectivity index (χ0) is 15.0. The molecule has 0 aliphatic carbocycles. The van der Waals surface area contributed by atoms with Crippen LogP contribution >= 0.6 is 0 Å². The Bertz CT molecular complexity index is 634. The number of hydrogen-bond acceptors (Lipinski definition) is 4. The van der Waals surface area contributed by atoms with E-state index < -0.39 is 16.0 Å². The molecule has 8 heteroatoms. The summed E-state index contributed by atoms with van der Waals surface area (Å²) in [4.78, 5) is 15.7. The Kier molecular flexibility index (Phi) is 3.76. The topological polar surface area (TPSA) is 93.7 Å². The van der Waals surface area contributed by atoms with Crippen molar-refractivity contribution in [3.63, 3.8) is 0 Å². The highest BCUT2D eigenvalue weighted by atomic mass is 32.2. The van der Waals surface area contributed by atoms with Gasteiger partial charge in [-0.25, -0.2) is 13.2 Å². The van der Waals surface area contributed by atoms with E-state index in [9.17, 15) is 13.2 Å². The molecule has 2 fully saturated rings. The molecule has 1 atom stereocenters. The zero-order valence-electron chi connectivity index (χ0n) is 11.7. The highest BCUT2D eigenvalue weighted by Gasteiger charge is 2.36. The van der Waals surface area contributed by atoms with Crippen LogP contribution in [0.25, 0.3) is 0 Å². The normalized spacial score (nSPS) is 24.7. The summed E-state index contributed by atoms with van der Waals surface area (Å²) >= 11 is 0. The monoisotopic (exact) mass is 313 g/mol. The Balaban J connectivity index is 1.74. The SMILES string of the molecule is O=C(O)c1cc(S(=O)(=O)N2CCC(N3CCCC3)C2)c[nH]1. The van der Waals surface area contributed by atoms with E-state index in [-0.39, 0.29) is 10.6 Å². The number of carbonyl (C=O) groups is 1. The van der Waals surface area contributed by atoms with Gasteiger partial charge in [-0.15, -0.1) is 0 Å². The van der Waals surface area contributed by atoms with Gasteiger partial charge in [0.05, 0.1) is 0 Å². The van der Waals surface area contributed by atoms with Gasteiger partial charge in [0.2, 0.25) is 10.0 Å². The van der Waals surface area contributed by atoms with Gasteiger partial charge in [0.1, 0.15) is 10.6 Å². The summed E-state index contributed by atoms with van der Waals surface area (Å²) in [6.45, 7) is 3.09. The number of aromatic carboxylic acids is 1. The molecule has 21 heavy (non-hydrogen) atoms. The number of nitrogens with zero attached hydrogens (tertiary/aromatic N) is 2. The van der Waals surface area contributed by atoms with Gasteiger partial charge >= 0.3 is 5.97 Å². The van der Waals surface area contributed by atoms with E-state index in [1.54, 1.807) is 0 Å². The van der Waals surface area contributed by atoms with Crippen molar-refractivity contribution in [1.29, 1.82) is 0 Å². The highest BCUT2D eigenvalue weighted by molar-refractivity contribution is 7.89. The maximum atomic E-state index is 12.5. The van der Waals surface area contributed by atoms with Crippen molar-refractivity contribution in [3.05, 3.63) is 18.0 Å². The van der Waals surface area contributed by atoms with Crippen LogP contribution in [-0.4, -0.2) is 65.9 Å². The fourth-order valence-corrected chi connectivity index (χ4v) is 4.62. The smallest absolute Gasteiger partial charge is 0.352 e. The molecule has 1 aromatic heterocycles. The lowest BCUT2D eigenvalue weighted by atomic mass is 10.2. The number of likely N-dealkylation sites (tertiary alicyclic amines) is 1. The Morgan fingerprint density at radius 3 is 2.62 bits per heavy atom. The number of aromatic amines is 1. The van der Waals surface area contributed by atoms with Crippen molar-refractivity contribution >= 4 is 16.0 Å². The van der Waals surface area contributed by atoms with Gasteiger partial charge in [-0.05, 0) is 38.4 Å².